The van der Waals surface area contributed by atoms with Gasteiger partial charge in [0.25, 0.3) is 5.91 Å². The summed E-state index contributed by atoms with van der Waals surface area (Å²) in [5.74, 6) is -0.171. The van der Waals surface area contributed by atoms with E-state index in [-0.39, 0.29) is 17.9 Å². The minimum absolute atomic E-state index is 0.177. The van der Waals surface area contributed by atoms with E-state index in [1.165, 1.54) is 0 Å². The molecule has 1 spiro atoms. The van der Waals surface area contributed by atoms with Gasteiger partial charge in [0.15, 0.2) is 4.96 Å². The molecule has 8 nitrogen and oxygen atoms in total. The monoisotopic (exact) mass is 479 g/mol. The molecule has 1 aliphatic carbocycles. The Hall–Kier alpha value is -3.20. The third-order valence-electron chi connectivity index (χ3n) is 7.17. The zero-order chi connectivity index (χ0) is 24.1. The Bertz CT molecular complexity index is 1220. The number of fused-ring (bicyclic) bond motifs is 1. The molecule has 1 aliphatic heterocycles. The van der Waals surface area contributed by atoms with Crippen molar-refractivity contribution in [2.24, 2.45) is 11.3 Å². The first-order chi connectivity index (χ1) is 16.1. The van der Waals surface area contributed by atoms with Gasteiger partial charge in [0.1, 0.15) is 12.1 Å². The van der Waals surface area contributed by atoms with Crippen molar-refractivity contribution in [3.05, 3.63) is 42.0 Å². The van der Waals surface area contributed by atoms with Crippen LogP contribution in [0.4, 0.5) is 10.5 Å². The quantitative estimate of drug-likeness (QED) is 0.538. The third kappa shape index (κ3) is 4.09. The van der Waals surface area contributed by atoms with Gasteiger partial charge in [-0.2, -0.15) is 0 Å². The molecule has 4 amide bonds. The molecule has 2 N–H and O–H groups in total. The van der Waals surface area contributed by atoms with Crippen molar-refractivity contribution in [1.82, 2.24) is 19.6 Å². The second kappa shape index (κ2) is 8.23. The number of imidazole rings is 1. The molecule has 34 heavy (non-hydrogen) atoms. The summed E-state index contributed by atoms with van der Waals surface area (Å²) in [5.41, 5.74) is 1.71. The molecule has 178 valence electrons. The number of carbonyl (C=O) groups excluding carboxylic acids is 3. The van der Waals surface area contributed by atoms with Gasteiger partial charge < -0.3 is 10.6 Å². The SMILES string of the molecule is CC(C)(C)C1CCC2(CC1)NC(=O)N(CC(=O)Nc1ccc(-c3cn4ccsc4n3)cc1)C2=O. The molecule has 2 fully saturated rings. The van der Waals surface area contributed by atoms with Crippen LogP contribution >= 0.6 is 11.3 Å². The Labute approximate surface area is 202 Å². The average molecular weight is 480 g/mol. The van der Waals surface area contributed by atoms with E-state index >= 15 is 0 Å². The van der Waals surface area contributed by atoms with Gasteiger partial charge in [0.05, 0.1) is 5.69 Å². The zero-order valence-corrected chi connectivity index (χ0v) is 20.4. The van der Waals surface area contributed by atoms with Crippen molar-refractivity contribution in [3.8, 4) is 11.3 Å². The fraction of sp³-hybridized carbons (Fsp3) is 0.440. The minimum atomic E-state index is -0.862. The molecule has 1 saturated carbocycles. The molecule has 1 aromatic carbocycles. The lowest BCUT2D eigenvalue weighted by Crippen LogP contribution is -2.50. The van der Waals surface area contributed by atoms with Crippen molar-refractivity contribution in [2.45, 2.75) is 52.0 Å². The number of hydrogen-bond acceptors (Lipinski definition) is 5. The second-order valence-corrected chi connectivity index (χ2v) is 11.3. The highest BCUT2D eigenvalue weighted by Gasteiger charge is 2.53. The van der Waals surface area contributed by atoms with Gasteiger partial charge in [-0.3, -0.25) is 18.9 Å². The first-order valence-corrected chi connectivity index (χ1v) is 12.5. The summed E-state index contributed by atoms with van der Waals surface area (Å²) in [7, 11) is 0. The van der Waals surface area contributed by atoms with Crippen LogP contribution in [0, 0.1) is 11.3 Å². The van der Waals surface area contributed by atoms with Gasteiger partial charge in [0, 0.05) is 29.0 Å². The Morgan fingerprint density at radius 3 is 2.56 bits per heavy atom. The number of aromatic nitrogens is 2. The summed E-state index contributed by atoms with van der Waals surface area (Å²) >= 11 is 1.57. The number of rotatable bonds is 4. The average Bonchev–Trinajstić information content (AvgIpc) is 3.44. The summed E-state index contributed by atoms with van der Waals surface area (Å²) in [6, 6.07) is 6.88. The molecule has 9 heteroatoms. The van der Waals surface area contributed by atoms with Gasteiger partial charge in [-0.15, -0.1) is 11.3 Å². The van der Waals surface area contributed by atoms with E-state index in [1.807, 2.05) is 34.3 Å². The van der Waals surface area contributed by atoms with Gasteiger partial charge in [-0.1, -0.05) is 32.9 Å². The zero-order valence-electron chi connectivity index (χ0n) is 19.6. The number of anilines is 1. The van der Waals surface area contributed by atoms with Crippen LogP contribution in [0.2, 0.25) is 0 Å². The predicted molar refractivity (Wildman–Crippen MR) is 132 cm³/mol. The van der Waals surface area contributed by atoms with Crippen molar-refractivity contribution in [2.75, 3.05) is 11.9 Å². The van der Waals surface area contributed by atoms with Crippen LogP contribution < -0.4 is 10.6 Å². The van der Waals surface area contributed by atoms with Crippen LogP contribution in [0.25, 0.3) is 16.2 Å². The molecule has 3 heterocycles. The summed E-state index contributed by atoms with van der Waals surface area (Å²) in [6.45, 7) is 6.34. The Kier molecular flexibility index (Phi) is 5.47. The Balaban J connectivity index is 1.20. The maximum Gasteiger partial charge on any atom is 0.325 e. The third-order valence-corrected chi connectivity index (χ3v) is 7.94. The molecular weight excluding hydrogens is 450 g/mol. The van der Waals surface area contributed by atoms with E-state index in [1.54, 1.807) is 23.5 Å². The van der Waals surface area contributed by atoms with Crippen molar-refractivity contribution < 1.29 is 14.4 Å². The molecule has 3 aromatic rings. The van der Waals surface area contributed by atoms with E-state index < -0.39 is 17.5 Å². The van der Waals surface area contributed by atoms with Crippen LogP contribution in [0.15, 0.2) is 42.0 Å². The van der Waals surface area contributed by atoms with Crippen molar-refractivity contribution in [1.29, 1.82) is 0 Å². The fourth-order valence-electron chi connectivity index (χ4n) is 5.07. The lowest BCUT2D eigenvalue weighted by Gasteiger charge is -2.40. The lowest BCUT2D eigenvalue weighted by molar-refractivity contribution is -0.135. The van der Waals surface area contributed by atoms with E-state index in [2.05, 4.69) is 36.4 Å². The summed E-state index contributed by atoms with van der Waals surface area (Å²) in [4.78, 5) is 44.9. The minimum Gasteiger partial charge on any atom is -0.325 e. The van der Waals surface area contributed by atoms with Gasteiger partial charge in [-0.05, 0) is 49.1 Å². The van der Waals surface area contributed by atoms with E-state index in [0.29, 0.717) is 24.4 Å². The number of carbonyl (C=O) groups is 3. The number of urea groups is 1. The van der Waals surface area contributed by atoms with Crippen molar-refractivity contribution >= 4 is 39.8 Å². The van der Waals surface area contributed by atoms with Crippen molar-refractivity contribution in [3.63, 3.8) is 0 Å². The predicted octanol–water partition coefficient (Wildman–Crippen LogP) is 4.53. The lowest BCUT2D eigenvalue weighted by atomic mass is 9.67. The molecule has 0 atom stereocenters. The van der Waals surface area contributed by atoms with Crippen LogP contribution in [-0.2, 0) is 9.59 Å². The second-order valence-electron chi connectivity index (χ2n) is 10.4. The van der Waals surface area contributed by atoms with Crippen LogP contribution in [0.3, 0.4) is 0 Å². The topological polar surface area (TPSA) is 95.8 Å². The fourth-order valence-corrected chi connectivity index (χ4v) is 5.77. The Morgan fingerprint density at radius 1 is 1.21 bits per heavy atom. The van der Waals surface area contributed by atoms with Gasteiger partial charge >= 0.3 is 6.03 Å². The van der Waals surface area contributed by atoms with E-state index in [0.717, 1.165) is 34.0 Å². The Morgan fingerprint density at radius 2 is 1.91 bits per heavy atom. The first-order valence-electron chi connectivity index (χ1n) is 11.6. The number of thiazole rings is 1. The van der Waals surface area contributed by atoms with Crippen LogP contribution in [-0.4, -0.2) is 44.2 Å². The smallest absolute Gasteiger partial charge is 0.325 e. The van der Waals surface area contributed by atoms with E-state index in [4.69, 9.17) is 0 Å². The summed E-state index contributed by atoms with van der Waals surface area (Å²) in [5, 5.41) is 7.67. The maximum absolute atomic E-state index is 13.1. The molecule has 0 unspecified atom stereocenters. The largest absolute Gasteiger partial charge is 0.325 e. The molecule has 0 bridgehead atoms. The highest BCUT2D eigenvalue weighted by Crippen LogP contribution is 2.43. The standard InChI is InChI=1S/C25H29N5O3S/c1-24(2,3)17-8-10-25(11-9-17)21(32)30(22(33)28-25)15-20(31)26-18-6-4-16(5-7-18)19-14-29-12-13-34-23(29)27-19/h4-7,12-14,17H,8-11,15H2,1-3H3,(H,26,31)(H,28,33). The van der Waals surface area contributed by atoms with E-state index in [9.17, 15) is 14.4 Å². The number of hydrogen-bond donors (Lipinski definition) is 2. The highest BCUT2D eigenvalue weighted by atomic mass is 32.1. The van der Waals surface area contributed by atoms with Gasteiger partial charge in [-0.25, -0.2) is 9.78 Å². The molecule has 2 aromatic heterocycles. The van der Waals surface area contributed by atoms with Crippen LogP contribution in [0.1, 0.15) is 46.5 Å². The van der Waals surface area contributed by atoms with Crippen LogP contribution in [0.5, 0.6) is 0 Å². The maximum atomic E-state index is 13.1. The molecule has 5 rings (SSSR count). The molecule has 1 saturated heterocycles. The van der Waals surface area contributed by atoms with Gasteiger partial charge in [0.2, 0.25) is 5.91 Å². The molecule has 0 radical (unpaired) electrons. The number of benzene rings is 1. The summed E-state index contributed by atoms with van der Waals surface area (Å²) in [6.07, 6.45) is 6.92. The number of nitrogens with one attached hydrogen (secondary N) is 2. The molecular formula is C25H29N5O3S. The highest BCUT2D eigenvalue weighted by molar-refractivity contribution is 7.15. The normalized spacial score (nSPS) is 23.0. The first kappa shape index (κ1) is 22.6. The number of nitrogens with zero attached hydrogens (tertiary/aromatic N) is 3. The number of imide groups is 1. The summed E-state index contributed by atoms with van der Waals surface area (Å²) < 4.78 is 1.97. The molecule has 2 aliphatic rings. The number of amides is 4.